The second kappa shape index (κ2) is 6.46. The summed E-state index contributed by atoms with van der Waals surface area (Å²) < 4.78 is 104. The minimum absolute atomic E-state index is 0.291. The molecule has 2 aromatic rings. The van der Waals surface area contributed by atoms with E-state index in [4.69, 9.17) is 0 Å². The van der Waals surface area contributed by atoms with Crippen molar-refractivity contribution >= 4 is 9.84 Å². The molecule has 0 unspecified atom stereocenters. The predicted molar refractivity (Wildman–Crippen MR) is 73.4 cm³/mol. The van der Waals surface area contributed by atoms with E-state index in [9.17, 15) is 34.8 Å². The molecule has 0 saturated carbocycles. The smallest absolute Gasteiger partial charge is 0.223 e. The fraction of sp³-hybridized carbons (Fsp3) is 0.200. The van der Waals surface area contributed by atoms with Crippen LogP contribution in [-0.4, -0.2) is 20.1 Å². The van der Waals surface area contributed by atoms with E-state index in [1.165, 1.54) is 0 Å². The van der Waals surface area contributed by atoms with Crippen LogP contribution in [0.2, 0.25) is 0 Å². The summed E-state index contributed by atoms with van der Waals surface area (Å²) in [5, 5.41) is 0. The number of benzene rings is 2. The van der Waals surface area contributed by atoms with Gasteiger partial charge in [0.25, 0.3) is 5.92 Å². The summed E-state index contributed by atoms with van der Waals surface area (Å²) in [7, 11) is -4.65. The minimum atomic E-state index is -4.65. The lowest BCUT2D eigenvalue weighted by molar-refractivity contribution is 0.0254. The van der Waals surface area contributed by atoms with Crippen LogP contribution in [0.25, 0.3) is 0 Å². The van der Waals surface area contributed by atoms with Gasteiger partial charge in [0, 0.05) is 12.5 Å². The highest BCUT2D eigenvalue weighted by Crippen LogP contribution is 2.27. The van der Waals surface area contributed by atoms with Crippen molar-refractivity contribution in [1.29, 1.82) is 0 Å². The molecule has 0 aliphatic carbocycles. The fourth-order valence-electron chi connectivity index (χ4n) is 2.03. The number of hydrogen-bond donors (Lipinski definition) is 0. The van der Waals surface area contributed by atoms with E-state index >= 15 is 0 Å². The van der Waals surface area contributed by atoms with Crippen LogP contribution in [0, 0.1) is 23.3 Å². The highest BCUT2D eigenvalue weighted by molar-refractivity contribution is 7.91. The zero-order chi connectivity index (χ0) is 18.1. The quantitative estimate of drug-likeness (QED) is 0.593. The standard InChI is InChI=1S/C15H10F6O2S/c16-10-2-1-9(13(18)5-10)7-15(20,21)8-24(22,23)11-3-4-12(17)14(19)6-11/h1-6H,7-8H2. The van der Waals surface area contributed by atoms with Crippen molar-refractivity contribution < 1.29 is 34.8 Å². The van der Waals surface area contributed by atoms with E-state index in [0.29, 0.717) is 24.3 Å². The van der Waals surface area contributed by atoms with E-state index in [2.05, 4.69) is 0 Å². The molecular weight excluding hydrogens is 358 g/mol. The molecule has 0 aromatic heterocycles. The first-order chi connectivity index (χ1) is 11.0. The van der Waals surface area contributed by atoms with Gasteiger partial charge in [-0.05, 0) is 29.8 Å². The molecule has 0 fully saturated rings. The largest absolute Gasteiger partial charge is 0.266 e. The van der Waals surface area contributed by atoms with Crippen LogP contribution in [0.15, 0.2) is 41.3 Å². The lowest BCUT2D eigenvalue weighted by atomic mass is 10.1. The second-order valence-corrected chi connectivity index (χ2v) is 7.09. The van der Waals surface area contributed by atoms with Crippen LogP contribution in [0.3, 0.4) is 0 Å². The Kier molecular flexibility index (Phi) is 4.93. The van der Waals surface area contributed by atoms with E-state index in [-0.39, 0.29) is 0 Å². The number of hydrogen-bond acceptors (Lipinski definition) is 2. The van der Waals surface area contributed by atoms with Crippen molar-refractivity contribution in [2.75, 3.05) is 5.75 Å². The maximum absolute atomic E-state index is 13.9. The third-order valence-corrected chi connectivity index (χ3v) is 4.89. The Morgan fingerprint density at radius 1 is 0.833 bits per heavy atom. The van der Waals surface area contributed by atoms with Crippen molar-refractivity contribution in [3.8, 4) is 0 Å². The van der Waals surface area contributed by atoms with Crippen molar-refractivity contribution in [3.63, 3.8) is 0 Å². The number of alkyl halides is 2. The zero-order valence-electron chi connectivity index (χ0n) is 11.9. The molecular formula is C15H10F6O2S. The summed E-state index contributed by atoms with van der Waals surface area (Å²) in [6, 6.07) is 3.39. The third kappa shape index (κ3) is 4.28. The molecule has 0 aliphatic heterocycles. The normalized spacial score (nSPS) is 12.4. The van der Waals surface area contributed by atoms with Gasteiger partial charge in [-0.25, -0.2) is 34.8 Å². The lowest BCUT2D eigenvalue weighted by Gasteiger charge is -2.17. The minimum Gasteiger partial charge on any atom is -0.223 e. The maximum atomic E-state index is 13.9. The molecule has 0 spiro atoms. The molecule has 0 heterocycles. The van der Waals surface area contributed by atoms with Gasteiger partial charge in [-0.3, -0.25) is 0 Å². The summed E-state index contributed by atoms with van der Waals surface area (Å²) in [6.45, 7) is 0. The second-order valence-electron chi connectivity index (χ2n) is 5.10. The van der Waals surface area contributed by atoms with Crippen molar-refractivity contribution in [2.45, 2.75) is 17.2 Å². The van der Waals surface area contributed by atoms with Crippen LogP contribution < -0.4 is 0 Å². The Labute approximate surface area is 133 Å². The average molecular weight is 368 g/mol. The Bertz CT molecular complexity index is 864. The molecule has 0 amide bonds. The van der Waals surface area contributed by atoms with Crippen molar-refractivity contribution in [1.82, 2.24) is 0 Å². The molecule has 0 saturated heterocycles. The molecule has 0 N–H and O–H groups in total. The van der Waals surface area contributed by atoms with Gasteiger partial charge < -0.3 is 0 Å². The molecule has 130 valence electrons. The van der Waals surface area contributed by atoms with E-state index in [0.717, 1.165) is 12.1 Å². The van der Waals surface area contributed by atoms with Crippen molar-refractivity contribution in [2.24, 2.45) is 0 Å². The SMILES string of the molecule is O=S(=O)(CC(F)(F)Cc1ccc(F)cc1F)c1ccc(F)c(F)c1. The molecule has 0 bridgehead atoms. The van der Waals surface area contributed by atoms with Crippen molar-refractivity contribution in [3.05, 3.63) is 65.2 Å². The first-order valence-electron chi connectivity index (χ1n) is 6.50. The number of sulfone groups is 1. The Balaban J connectivity index is 2.24. The summed E-state index contributed by atoms with van der Waals surface area (Å²) in [5.41, 5.74) is -0.568. The van der Waals surface area contributed by atoms with Crippen LogP contribution >= 0.6 is 0 Å². The topological polar surface area (TPSA) is 34.1 Å². The van der Waals surface area contributed by atoms with Gasteiger partial charge in [-0.15, -0.1) is 0 Å². The van der Waals surface area contributed by atoms with E-state index < -0.39 is 61.7 Å². The lowest BCUT2D eigenvalue weighted by Crippen LogP contribution is -2.30. The average Bonchev–Trinajstić information content (AvgIpc) is 2.43. The molecule has 2 aromatic carbocycles. The molecule has 2 rings (SSSR count). The molecule has 0 aliphatic rings. The van der Waals surface area contributed by atoms with Gasteiger partial charge in [-0.1, -0.05) is 6.07 Å². The highest BCUT2D eigenvalue weighted by Gasteiger charge is 2.37. The van der Waals surface area contributed by atoms with Gasteiger partial charge >= 0.3 is 0 Å². The van der Waals surface area contributed by atoms with E-state index in [1.54, 1.807) is 0 Å². The van der Waals surface area contributed by atoms with Gasteiger partial charge in [0.2, 0.25) is 0 Å². The third-order valence-electron chi connectivity index (χ3n) is 3.12. The molecule has 0 atom stereocenters. The Morgan fingerprint density at radius 2 is 1.50 bits per heavy atom. The van der Waals surface area contributed by atoms with Crippen LogP contribution in [-0.2, 0) is 16.3 Å². The van der Waals surface area contributed by atoms with Gasteiger partial charge in [0.05, 0.1) is 4.90 Å². The van der Waals surface area contributed by atoms with Crippen LogP contribution in [0.5, 0.6) is 0 Å². The highest BCUT2D eigenvalue weighted by atomic mass is 32.2. The van der Waals surface area contributed by atoms with Crippen LogP contribution in [0.4, 0.5) is 26.3 Å². The fourth-order valence-corrected chi connectivity index (χ4v) is 3.41. The van der Waals surface area contributed by atoms with Gasteiger partial charge in [0.1, 0.15) is 17.4 Å². The first-order valence-corrected chi connectivity index (χ1v) is 8.15. The summed E-state index contributed by atoms with van der Waals surface area (Å²) >= 11 is 0. The zero-order valence-corrected chi connectivity index (χ0v) is 12.7. The summed E-state index contributed by atoms with van der Waals surface area (Å²) in [5.74, 6) is -10.7. The monoisotopic (exact) mass is 368 g/mol. The maximum Gasteiger partial charge on any atom is 0.266 e. The molecule has 24 heavy (non-hydrogen) atoms. The molecule has 2 nitrogen and oxygen atoms in total. The Hall–Kier alpha value is -2.03. The first kappa shape index (κ1) is 18.3. The van der Waals surface area contributed by atoms with Crippen LogP contribution in [0.1, 0.15) is 5.56 Å². The van der Waals surface area contributed by atoms with E-state index in [1.807, 2.05) is 0 Å². The predicted octanol–water partition coefficient (Wildman–Crippen LogP) is 3.89. The molecule has 0 radical (unpaired) electrons. The van der Waals surface area contributed by atoms with Gasteiger partial charge in [-0.2, -0.15) is 0 Å². The van der Waals surface area contributed by atoms with Gasteiger partial charge in [0.15, 0.2) is 21.5 Å². The summed E-state index contributed by atoms with van der Waals surface area (Å²) in [4.78, 5) is -0.819. The summed E-state index contributed by atoms with van der Waals surface area (Å²) in [6.07, 6.45) is -1.29. The number of halogens is 6. The Morgan fingerprint density at radius 3 is 2.08 bits per heavy atom. The molecule has 9 heteroatoms. The number of rotatable bonds is 5.